The van der Waals surface area contributed by atoms with Gasteiger partial charge < -0.3 is 33.3 Å². The second kappa shape index (κ2) is 12.6. The van der Waals surface area contributed by atoms with Crippen LogP contribution < -0.4 is 4.18 Å². The van der Waals surface area contributed by atoms with Crippen LogP contribution >= 0.6 is 0 Å². The molecule has 1 spiro atoms. The molecule has 2 heterocycles. The zero-order chi connectivity index (χ0) is 34.0. The van der Waals surface area contributed by atoms with Crippen LogP contribution in [0.5, 0.6) is 5.75 Å². The Kier molecular flexibility index (Phi) is 9.19. The van der Waals surface area contributed by atoms with E-state index in [9.17, 15) is 31.8 Å². The molecular formula is C35H49F3O9S. The first-order valence-corrected chi connectivity index (χ1v) is 19.2. The first kappa shape index (κ1) is 34.9. The van der Waals surface area contributed by atoms with Crippen molar-refractivity contribution in [3.8, 4) is 5.75 Å². The molecule has 0 bridgehead atoms. The predicted molar refractivity (Wildman–Crippen MR) is 167 cm³/mol. The minimum absolute atomic E-state index is 0.0525. The van der Waals surface area contributed by atoms with E-state index in [1.165, 1.54) is 12.1 Å². The number of halogens is 3. The third-order valence-corrected chi connectivity index (χ3v) is 14.1. The molecule has 270 valence electrons. The molecule has 0 radical (unpaired) electrons. The van der Waals surface area contributed by atoms with Gasteiger partial charge >= 0.3 is 15.6 Å². The van der Waals surface area contributed by atoms with Crippen LogP contribution in [-0.4, -0.2) is 73.8 Å². The van der Waals surface area contributed by atoms with Crippen LogP contribution in [0.25, 0.3) is 0 Å². The smallest absolute Gasteiger partial charge is 0.389 e. The quantitative estimate of drug-likeness (QED) is 0.186. The molecule has 48 heavy (non-hydrogen) atoms. The SMILES string of the molecule is C[C@]12C[C@H](c3ccc(OS(=O)(=O)C(F)(F)F)cc3)[C@H]3[C@@H](CC[C@@]4(O)CC5(CC[C@H]34)OCCO5)[C@H]1CC[C@]2(O)CCCOC1CCCCO1. The predicted octanol–water partition coefficient (Wildman–Crippen LogP) is 6.17. The summed E-state index contributed by atoms with van der Waals surface area (Å²) in [6.45, 7) is 4.42. The molecular weight excluding hydrogens is 653 g/mol. The lowest BCUT2D eigenvalue weighted by atomic mass is 9.44. The zero-order valence-corrected chi connectivity index (χ0v) is 28.4. The van der Waals surface area contributed by atoms with Crippen molar-refractivity contribution in [3.05, 3.63) is 29.8 Å². The molecule has 0 aromatic heterocycles. The number of hydrogen-bond acceptors (Lipinski definition) is 9. The fraction of sp³-hybridized carbons (Fsp3) is 0.829. The molecule has 4 saturated carbocycles. The fourth-order valence-electron chi connectivity index (χ4n) is 10.9. The third kappa shape index (κ3) is 6.11. The Hall–Kier alpha value is -1.48. The van der Waals surface area contributed by atoms with E-state index in [4.69, 9.17) is 18.9 Å². The highest BCUT2D eigenvalue weighted by Crippen LogP contribution is 2.70. The largest absolute Gasteiger partial charge is 0.534 e. The maximum absolute atomic E-state index is 13.0. The average molecular weight is 703 g/mol. The van der Waals surface area contributed by atoms with Gasteiger partial charge in [0.25, 0.3) is 0 Å². The van der Waals surface area contributed by atoms with Gasteiger partial charge in [-0.15, -0.1) is 0 Å². The van der Waals surface area contributed by atoms with Crippen LogP contribution in [0.2, 0.25) is 0 Å². The average Bonchev–Trinajstić information content (AvgIpc) is 3.59. The molecule has 6 fully saturated rings. The molecule has 4 aliphatic carbocycles. The Morgan fingerprint density at radius 3 is 2.35 bits per heavy atom. The van der Waals surface area contributed by atoms with E-state index >= 15 is 0 Å². The summed E-state index contributed by atoms with van der Waals surface area (Å²) in [5.41, 5.74) is -7.07. The van der Waals surface area contributed by atoms with E-state index in [0.29, 0.717) is 77.8 Å². The van der Waals surface area contributed by atoms with Gasteiger partial charge in [0.15, 0.2) is 12.1 Å². The number of ether oxygens (including phenoxy) is 4. The van der Waals surface area contributed by atoms with Gasteiger partial charge in [-0.25, -0.2) is 0 Å². The van der Waals surface area contributed by atoms with Crippen molar-refractivity contribution >= 4 is 10.1 Å². The maximum atomic E-state index is 13.0. The molecule has 9 atom stereocenters. The van der Waals surface area contributed by atoms with Crippen molar-refractivity contribution in [2.75, 3.05) is 26.4 Å². The summed E-state index contributed by atoms with van der Waals surface area (Å²) in [6, 6.07) is 5.86. The Bertz CT molecular complexity index is 1410. The molecule has 7 rings (SSSR count). The summed E-state index contributed by atoms with van der Waals surface area (Å²) in [7, 11) is -5.81. The van der Waals surface area contributed by atoms with Crippen molar-refractivity contribution in [2.24, 2.45) is 29.1 Å². The van der Waals surface area contributed by atoms with Gasteiger partial charge in [-0.3, -0.25) is 0 Å². The molecule has 1 unspecified atom stereocenters. The van der Waals surface area contributed by atoms with E-state index in [0.717, 1.165) is 37.7 Å². The Labute approximate surface area is 280 Å². The Morgan fingerprint density at radius 1 is 0.938 bits per heavy atom. The lowest BCUT2D eigenvalue weighted by Gasteiger charge is -2.63. The summed E-state index contributed by atoms with van der Waals surface area (Å²) in [4.78, 5) is 0. The van der Waals surface area contributed by atoms with Gasteiger partial charge in [0.2, 0.25) is 0 Å². The van der Waals surface area contributed by atoms with E-state index in [2.05, 4.69) is 11.1 Å². The van der Waals surface area contributed by atoms with Crippen LogP contribution in [-0.2, 0) is 29.1 Å². The highest BCUT2D eigenvalue weighted by molar-refractivity contribution is 7.88. The number of hydrogen-bond donors (Lipinski definition) is 2. The van der Waals surface area contributed by atoms with Crippen molar-refractivity contribution in [1.29, 1.82) is 0 Å². The highest BCUT2D eigenvalue weighted by atomic mass is 32.2. The molecule has 1 aromatic carbocycles. The number of benzene rings is 1. The summed E-state index contributed by atoms with van der Waals surface area (Å²) in [5.74, 6) is -0.840. The normalized spacial score (nSPS) is 41.0. The first-order chi connectivity index (χ1) is 22.7. The number of fused-ring (bicyclic) bond motifs is 5. The zero-order valence-electron chi connectivity index (χ0n) is 27.6. The van der Waals surface area contributed by atoms with E-state index in [1.807, 2.05) is 0 Å². The maximum Gasteiger partial charge on any atom is 0.534 e. The van der Waals surface area contributed by atoms with Crippen molar-refractivity contribution < 1.29 is 54.9 Å². The van der Waals surface area contributed by atoms with E-state index < -0.39 is 43.8 Å². The molecule has 6 aliphatic rings. The van der Waals surface area contributed by atoms with E-state index in [1.54, 1.807) is 12.1 Å². The van der Waals surface area contributed by atoms with Gasteiger partial charge in [0, 0.05) is 26.1 Å². The van der Waals surface area contributed by atoms with Crippen LogP contribution in [0.15, 0.2) is 24.3 Å². The summed E-state index contributed by atoms with van der Waals surface area (Å²) in [5, 5.41) is 24.7. The minimum Gasteiger partial charge on any atom is -0.389 e. The van der Waals surface area contributed by atoms with Crippen molar-refractivity contribution in [3.63, 3.8) is 0 Å². The van der Waals surface area contributed by atoms with Gasteiger partial charge in [-0.05, 0) is 123 Å². The molecule has 2 N–H and O–H groups in total. The Balaban J connectivity index is 1.16. The van der Waals surface area contributed by atoms with Crippen LogP contribution in [0, 0.1) is 29.1 Å². The Morgan fingerprint density at radius 2 is 1.67 bits per heavy atom. The van der Waals surface area contributed by atoms with Crippen LogP contribution in [0.1, 0.15) is 102 Å². The fourth-order valence-corrected chi connectivity index (χ4v) is 11.4. The topological polar surface area (TPSA) is 121 Å². The minimum atomic E-state index is -5.81. The molecule has 13 heteroatoms. The van der Waals surface area contributed by atoms with Gasteiger partial charge in [-0.2, -0.15) is 21.6 Å². The number of rotatable bonds is 8. The molecule has 9 nitrogen and oxygen atoms in total. The molecule has 2 saturated heterocycles. The summed E-state index contributed by atoms with van der Waals surface area (Å²) in [6.07, 6.45) is 9.49. The third-order valence-electron chi connectivity index (χ3n) is 13.1. The van der Waals surface area contributed by atoms with Crippen LogP contribution in [0.4, 0.5) is 13.2 Å². The molecule has 2 aliphatic heterocycles. The van der Waals surface area contributed by atoms with E-state index in [-0.39, 0.29) is 35.9 Å². The van der Waals surface area contributed by atoms with Crippen molar-refractivity contribution in [2.45, 2.75) is 125 Å². The highest BCUT2D eigenvalue weighted by Gasteiger charge is 2.67. The monoisotopic (exact) mass is 702 g/mol. The lowest BCUT2D eigenvalue weighted by Crippen LogP contribution is -2.62. The first-order valence-electron chi connectivity index (χ1n) is 17.7. The number of aliphatic hydroxyl groups is 2. The molecule has 1 aromatic rings. The van der Waals surface area contributed by atoms with Gasteiger partial charge in [0.1, 0.15) is 5.75 Å². The number of alkyl halides is 3. The lowest BCUT2D eigenvalue weighted by molar-refractivity contribution is -0.260. The summed E-state index contributed by atoms with van der Waals surface area (Å²) >= 11 is 0. The standard InChI is InChI=1S/C35H49F3O9S/c1-31-21-26(23-6-8-24(9-7-23)47-48(41,42)35(36,37)38)30-25(10-14-32(39)22-34(16-12-28(30)32)45-19-20-46-34)27(31)11-15-33(31,40)13-4-18-44-29-5-2-3-17-43-29/h6-9,25-30,39-40H,2-5,10-22H2,1H3/t25-,26+,27+,28+,29?,30+,31-,32+,33+/m0/s1. The second-order valence-electron chi connectivity index (χ2n) is 15.5. The van der Waals surface area contributed by atoms with Crippen LogP contribution in [0.3, 0.4) is 0 Å². The molecule has 0 amide bonds. The van der Waals surface area contributed by atoms with Crippen molar-refractivity contribution in [1.82, 2.24) is 0 Å². The second-order valence-corrected chi connectivity index (χ2v) is 17.1. The van der Waals surface area contributed by atoms with Gasteiger partial charge in [-0.1, -0.05) is 19.1 Å². The van der Waals surface area contributed by atoms with Gasteiger partial charge in [0.05, 0.1) is 24.4 Å². The summed E-state index contributed by atoms with van der Waals surface area (Å²) < 4.78 is 90.7.